The van der Waals surface area contributed by atoms with E-state index in [2.05, 4.69) is 30.3 Å². The van der Waals surface area contributed by atoms with Crippen LogP contribution in [0.1, 0.15) is 22.3 Å². The number of hydrogen-bond acceptors (Lipinski definition) is 5. The summed E-state index contributed by atoms with van der Waals surface area (Å²) in [5.41, 5.74) is 0.920. The highest BCUT2D eigenvalue weighted by Gasteiger charge is 2.21. The minimum atomic E-state index is -0.0670. The molecule has 0 spiro atoms. The van der Waals surface area contributed by atoms with E-state index in [9.17, 15) is 21.0 Å². The molecule has 0 unspecified atom stereocenters. The van der Waals surface area contributed by atoms with E-state index in [1.165, 1.54) is 0 Å². The van der Waals surface area contributed by atoms with Crippen LogP contribution in [-0.4, -0.2) is 4.98 Å². The third kappa shape index (κ3) is 2.36. The van der Waals surface area contributed by atoms with Crippen LogP contribution in [0.15, 0.2) is 66.9 Å². The highest BCUT2D eigenvalue weighted by Crippen LogP contribution is 2.41. The van der Waals surface area contributed by atoms with Gasteiger partial charge in [-0.15, -0.1) is 0 Å². The number of rotatable bonds is 0. The standard InChI is InChI=1S/C29H11N5/c30-12-24-22-10-20-18-8-7-16-4-1-2-5-17(16)28(18)29-19(6-3-9-34-29)21(20)11-23(22)25(13-31)27(15-33)26(24)14-32/h1-11H. The van der Waals surface area contributed by atoms with Gasteiger partial charge in [0.15, 0.2) is 0 Å². The Morgan fingerprint density at radius 2 is 1.09 bits per heavy atom. The first kappa shape index (κ1) is 19.2. The number of nitrogens with zero attached hydrogens (tertiary/aromatic N) is 5. The van der Waals surface area contributed by atoms with E-state index >= 15 is 0 Å². The second kappa shape index (κ2) is 7.01. The Balaban J connectivity index is 1.99. The van der Waals surface area contributed by atoms with Crippen molar-refractivity contribution in [3.05, 3.63) is 89.1 Å². The van der Waals surface area contributed by atoms with Crippen LogP contribution in [0, 0.1) is 45.3 Å². The molecule has 0 saturated carbocycles. The maximum Gasteiger partial charge on any atom is 0.102 e. The van der Waals surface area contributed by atoms with Gasteiger partial charge in [0, 0.05) is 27.7 Å². The molecule has 0 saturated heterocycles. The van der Waals surface area contributed by atoms with E-state index in [4.69, 9.17) is 4.98 Å². The highest BCUT2D eigenvalue weighted by atomic mass is 14.6. The predicted molar refractivity (Wildman–Crippen MR) is 131 cm³/mol. The van der Waals surface area contributed by atoms with Crippen LogP contribution in [0.2, 0.25) is 0 Å². The molecule has 34 heavy (non-hydrogen) atoms. The van der Waals surface area contributed by atoms with Gasteiger partial charge in [-0.2, -0.15) is 21.0 Å². The monoisotopic (exact) mass is 429 g/mol. The summed E-state index contributed by atoms with van der Waals surface area (Å²) in [5, 5.41) is 47.0. The quantitative estimate of drug-likeness (QED) is 0.207. The van der Waals surface area contributed by atoms with Crippen molar-refractivity contribution in [2.45, 2.75) is 0 Å². The van der Waals surface area contributed by atoms with Gasteiger partial charge in [0.25, 0.3) is 0 Å². The fraction of sp³-hybridized carbons (Fsp3) is 0. The van der Waals surface area contributed by atoms with Gasteiger partial charge in [0.1, 0.15) is 24.3 Å². The molecular formula is C29H11N5. The van der Waals surface area contributed by atoms with E-state index < -0.39 is 0 Å². The molecule has 0 N–H and O–H groups in total. The number of pyridine rings is 1. The number of fused-ring (bicyclic) bond motifs is 9. The molecule has 6 aromatic rings. The van der Waals surface area contributed by atoms with Gasteiger partial charge < -0.3 is 0 Å². The van der Waals surface area contributed by atoms with Gasteiger partial charge >= 0.3 is 0 Å². The topological polar surface area (TPSA) is 108 Å². The van der Waals surface area contributed by atoms with Crippen LogP contribution in [0.4, 0.5) is 0 Å². The van der Waals surface area contributed by atoms with Crippen LogP contribution in [-0.2, 0) is 0 Å². The molecule has 152 valence electrons. The van der Waals surface area contributed by atoms with Crippen molar-refractivity contribution < 1.29 is 0 Å². The molecule has 6 rings (SSSR count). The number of benzene rings is 5. The SMILES string of the molecule is N#Cc1c(C#N)c(C#N)c2cc3c(cc2c1C#N)c1cccnc1c1c2ccccc2ccc31. The largest absolute Gasteiger partial charge is 0.256 e. The zero-order chi connectivity index (χ0) is 23.4. The minimum Gasteiger partial charge on any atom is -0.256 e. The molecule has 5 heteroatoms. The Kier molecular flexibility index (Phi) is 3.96. The molecule has 1 aromatic heterocycles. The normalized spacial score (nSPS) is 10.8. The zero-order valence-corrected chi connectivity index (χ0v) is 17.6. The van der Waals surface area contributed by atoms with Crippen molar-refractivity contribution in [3.63, 3.8) is 0 Å². The van der Waals surface area contributed by atoms with Crippen molar-refractivity contribution >= 4 is 54.0 Å². The summed E-state index contributed by atoms with van der Waals surface area (Å²) in [6, 6.07) is 27.9. The summed E-state index contributed by atoms with van der Waals surface area (Å²) in [7, 11) is 0. The number of hydrogen-bond donors (Lipinski definition) is 0. The maximum atomic E-state index is 9.93. The van der Waals surface area contributed by atoms with Crippen LogP contribution < -0.4 is 0 Å². The molecule has 5 nitrogen and oxygen atoms in total. The predicted octanol–water partition coefficient (Wildman–Crippen LogP) is 6.33. The van der Waals surface area contributed by atoms with E-state index in [1.54, 1.807) is 6.20 Å². The van der Waals surface area contributed by atoms with E-state index in [0.29, 0.717) is 10.8 Å². The van der Waals surface area contributed by atoms with E-state index in [-0.39, 0.29) is 22.3 Å². The minimum absolute atomic E-state index is 0.0642. The Hall–Kier alpha value is -5.49. The van der Waals surface area contributed by atoms with Crippen LogP contribution >= 0.6 is 0 Å². The Morgan fingerprint density at radius 1 is 0.500 bits per heavy atom. The zero-order valence-electron chi connectivity index (χ0n) is 17.6. The van der Waals surface area contributed by atoms with Gasteiger partial charge in [-0.1, -0.05) is 42.5 Å². The Bertz CT molecular complexity index is 2060. The lowest BCUT2D eigenvalue weighted by Gasteiger charge is -2.15. The van der Waals surface area contributed by atoms with Crippen LogP contribution in [0.25, 0.3) is 54.0 Å². The van der Waals surface area contributed by atoms with Gasteiger partial charge in [-0.25, -0.2) is 0 Å². The first-order chi connectivity index (χ1) is 16.7. The molecule has 0 aliphatic heterocycles. The van der Waals surface area contributed by atoms with Crippen molar-refractivity contribution in [1.29, 1.82) is 21.0 Å². The summed E-state index contributed by atoms with van der Waals surface area (Å²) in [5.74, 6) is 0. The van der Waals surface area contributed by atoms with Crippen molar-refractivity contribution in [3.8, 4) is 24.3 Å². The average Bonchev–Trinajstić information content (AvgIpc) is 2.90. The molecule has 1 heterocycles. The lowest BCUT2D eigenvalue weighted by molar-refractivity contribution is 1.39. The van der Waals surface area contributed by atoms with Gasteiger partial charge in [-0.3, -0.25) is 4.98 Å². The second-order valence-electron chi connectivity index (χ2n) is 8.00. The van der Waals surface area contributed by atoms with Crippen LogP contribution in [0.5, 0.6) is 0 Å². The van der Waals surface area contributed by atoms with Gasteiger partial charge in [0.05, 0.1) is 27.8 Å². The maximum absolute atomic E-state index is 9.93. The molecule has 0 amide bonds. The summed E-state index contributed by atoms with van der Waals surface area (Å²) in [4.78, 5) is 4.71. The first-order valence-electron chi connectivity index (χ1n) is 10.5. The van der Waals surface area contributed by atoms with Gasteiger partial charge in [-0.05, 0) is 45.1 Å². The highest BCUT2D eigenvalue weighted by molar-refractivity contribution is 6.32. The molecule has 0 bridgehead atoms. The number of aromatic nitrogens is 1. The fourth-order valence-electron chi connectivity index (χ4n) is 5.01. The van der Waals surface area contributed by atoms with Crippen molar-refractivity contribution in [2.24, 2.45) is 0 Å². The third-order valence-corrected chi connectivity index (χ3v) is 6.45. The molecule has 0 atom stereocenters. The molecule has 0 radical (unpaired) electrons. The fourth-order valence-corrected chi connectivity index (χ4v) is 5.01. The average molecular weight is 429 g/mol. The lowest BCUT2D eigenvalue weighted by atomic mass is 9.86. The summed E-state index contributed by atoms with van der Waals surface area (Å²) < 4.78 is 0. The number of nitriles is 4. The smallest absolute Gasteiger partial charge is 0.102 e. The summed E-state index contributed by atoms with van der Waals surface area (Å²) in [6.07, 6.45) is 1.76. The first-order valence-corrected chi connectivity index (χ1v) is 10.5. The summed E-state index contributed by atoms with van der Waals surface area (Å²) >= 11 is 0. The Morgan fingerprint density at radius 3 is 1.74 bits per heavy atom. The molecule has 0 aliphatic rings. The Labute approximate surface area is 193 Å². The van der Waals surface area contributed by atoms with E-state index in [0.717, 1.165) is 43.2 Å². The van der Waals surface area contributed by atoms with Gasteiger partial charge in [0.2, 0.25) is 0 Å². The third-order valence-electron chi connectivity index (χ3n) is 6.45. The lowest BCUT2D eigenvalue weighted by Crippen LogP contribution is -1.98. The van der Waals surface area contributed by atoms with Crippen LogP contribution in [0.3, 0.4) is 0 Å². The molecular weight excluding hydrogens is 418 g/mol. The molecule has 0 aliphatic carbocycles. The van der Waals surface area contributed by atoms with Crippen molar-refractivity contribution in [2.75, 3.05) is 0 Å². The molecule has 0 fully saturated rings. The van der Waals surface area contributed by atoms with Crippen molar-refractivity contribution in [1.82, 2.24) is 4.98 Å². The molecule has 5 aromatic carbocycles. The second-order valence-corrected chi connectivity index (χ2v) is 8.00. The summed E-state index contributed by atoms with van der Waals surface area (Å²) in [6.45, 7) is 0. The van der Waals surface area contributed by atoms with E-state index in [1.807, 2.05) is 54.6 Å².